The van der Waals surface area contributed by atoms with Crippen LogP contribution in [0.15, 0.2) is 0 Å². The Balaban J connectivity index is -0.0000000985. The average molecular weight is 4210 g/mol. The first-order chi connectivity index (χ1) is 57.6. The summed E-state index contributed by atoms with van der Waals surface area (Å²) in [6.45, 7) is -5.29. The van der Waals surface area contributed by atoms with Crippen molar-refractivity contribution in [3.8, 4) is 0 Å². The van der Waals surface area contributed by atoms with E-state index in [4.69, 9.17) is 97.1 Å². The molecule has 0 fully saturated rings. The van der Waals surface area contributed by atoms with Crippen LogP contribution in [0.4, 0.5) is 0 Å². The summed E-state index contributed by atoms with van der Waals surface area (Å²) in [6, 6.07) is 0. The zero-order valence-electron chi connectivity index (χ0n) is 80.4. The number of aliphatic hydroxyl groups excluding tert-OH is 15. The fourth-order valence-electron chi connectivity index (χ4n) is 7.56. The average Bonchev–Trinajstić information content (AvgIpc) is 0.808. The van der Waals surface area contributed by atoms with Gasteiger partial charge in [0, 0.05) is 430 Å². The molecule has 67 heteroatoms. The van der Waals surface area contributed by atoms with Crippen molar-refractivity contribution in [3.05, 3.63) is 6.92 Å². The third-order valence-electron chi connectivity index (χ3n) is 18.8. The van der Waals surface area contributed by atoms with E-state index in [0.717, 1.165) is 96.9 Å². The molecule has 0 saturated heterocycles. The van der Waals surface area contributed by atoms with Crippen molar-refractivity contribution in [2.75, 3.05) is 206 Å². The van der Waals surface area contributed by atoms with Gasteiger partial charge < -0.3 is 165 Å². The first kappa shape index (κ1) is 196. The second kappa shape index (κ2) is 96.7. The normalized spacial score (nSPS) is 12.9. The van der Waals surface area contributed by atoms with E-state index in [0.29, 0.717) is 19.8 Å². The first-order valence-corrected chi connectivity index (χ1v) is 46.7. The zero-order chi connectivity index (χ0) is 98.5. The van der Waals surface area contributed by atoms with Crippen molar-refractivity contribution in [1.82, 2.24) is 0 Å². The Hall–Kier alpha value is 8.19. The molecule has 17 N–H and O–H groups in total. The molecular formula is C74H125Cl3GdO47W8Y8-. The molecule has 0 bridgehead atoms. The van der Waals surface area contributed by atoms with Crippen LogP contribution in [0, 0.1) is 101 Å². The summed E-state index contributed by atoms with van der Waals surface area (Å²) < 4.78 is 91.7. The van der Waals surface area contributed by atoms with Crippen LogP contribution < -0.4 is 0 Å². The van der Waals surface area contributed by atoms with Crippen molar-refractivity contribution in [1.29, 1.82) is 0 Å². The van der Waals surface area contributed by atoms with E-state index in [-0.39, 0.29) is 441 Å². The van der Waals surface area contributed by atoms with E-state index in [1.54, 1.807) is 0 Å². The molecule has 0 spiro atoms. The fraction of sp³-hybridized carbons (Fsp3) is 0.797. The molecule has 8 radical (unpaired) electrons. The summed E-state index contributed by atoms with van der Waals surface area (Å²) in [7, 11) is 2.60. The Morgan fingerprint density at radius 3 is 0.504 bits per heavy atom. The molecule has 0 aromatic heterocycles. The summed E-state index contributed by atoms with van der Waals surface area (Å²) in [5.41, 5.74) is -28.6. The Labute approximate surface area is 1150 Å². The Morgan fingerprint density at radius 2 is 0.355 bits per heavy atom. The molecular weight excluding hydrogens is 4090 g/mol. The van der Waals surface area contributed by atoms with E-state index < -0.39 is 354 Å². The monoisotopic (exact) mass is 4210 g/mol. The number of hydrogen-bond donors (Lipinski definition) is 15. The quantitative estimate of drug-likeness (QED) is 0.0117. The van der Waals surface area contributed by atoms with Crippen LogP contribution in [-0.2, 0) is 575 Å². The number of hydrogen-bond acceptors (Lipinski definition) is 46. The van der Waals surface area contributed by atoms with Gasteiger partial charge >= 0.3 is 148 Å². The number of ether oxygens (including phenoxy) is 16. The topological polar surface area (TPSA) is 739 Å². The molecule has 5 atom stereocenters. The Kier molecular flexibility index (Phi) is 135. The van der Waals surface area contributed by atoms with Crippen LogP contribution in [0.25, 0.3) is 0 Å². The number of halogens is 3. The summed E-state index contributed by atoms with van der Waals surface area (Å²) >= 11 is -1.65. The van der Waals surface area contributed by atoms with Crippen LogP contribution in [-0.4, -0.2) is 383 Å². The van der Waals surface area contributed by atoms with Crippen LogP contribution in [0.1, 0.15) is 96.9 Å². The molecule has 0 aliphatic heterocycles. The third kappa shape index (κ3) is 67.1. The van der Waals surface area contributed by atoms with Gasteiger partial charge in [-0.3, -0.25) is 57.5 Å². The molecule has 0 amide bonds. The van der Waals surface area contributed by atoms with Gasteiger partial charge in [0.15, 0.2) is 0 Å². The minimum Gasteiger partial charge on any atom is 0 e. The molecule has 5 unspecified atom stereocenters. The van der Waals surface area contributed by atoms with Gasteiger partial charge in [-0.1, -0.05) is 6.92 Å². The molecule has 0 heterocycles. The Morgan fingerprint density at radius 1 is 0.227 bits per heavy atom. The number of methoxy groups -OCH3 is 2. The maximum atomic E-state index is 13.8. The van der Waals surface area contributed by atoms with Gasteiger partial charge in [-0.05, 0) is 95.4 Å². The van der Waals surface area contributed by atoms with E-state index in [9.17, 15) is 144 Å². The summed E-state index contributed by atoms with van der Waals surface area (Å²) in [6.07, 6.45) is 0. The molecule has 141 heavy (non-hydrogen) atoms. The van der Waals surface area contributed by atoms with Gasteiger partial charge in [-0.15, -0.1) is 0 Å². The predicted octanol–water partition coefficient (Wildman–Crippen LogP) is -5.73. The van der Waals surface area contributed by atoms with Crippen molar-refractivity contribution in [2.45, 2.75) is 108 Å². The SMILES string of the molecule is COCCOC(=O)C(C)(COC(=O)C(C)(COC(=O)C(C)(CO)CO)COC(=O)C(C)(CO)CO)COC(=O)C(C)(COC(=O)C(C)(CO)CO)OC(=O)C(C)(CO)CO.O.[CH2-]C(C)(CO)C(=O)OC(C)(COC(=O)C(C)(CO)CO)C(=O)OCC(C)(COC(=O)C(C)(COC(=O)C(C)(CO)CO)COC(=O)C(C)(CO)CO)C(=O)OCCOC.[Cl][Gd]([Cl])[Cl].[O]=[W].[W].[W].[W].[W].[W].[W].[W].[Y].[Y].[Y].[Y].[Y].[Y].[Y].[Y]. The minimum atomic E-state index is -2.61. The molecule has 0 saturated carbocycles. The van der Waals surface area contributed by atoms with Gasteiger partial charge in [0.25, 0.3) is 5.97 Å². The van der Waals surface area contributed by atoms with Crippen molar-refractivity contribution >= 4 is 101 Å². The van der Waals surface area contributed by atoms with Crippen LogP contribution >= 0.6 is 17.9 Å². The molecule has 0 aromatic rings. The third-order valence-corrected chi connectivity index (χ3v) is 18.8. The predicted molar refractivity (Wildman–Crippen MR) is 415 cm³/mol. The van der Waals surface area contributed by atoms with E-state index in [1.807, 2.05) is 0 Å². The van der Waals surface area contributed by atoms with Crippen LogP contribution in [0.3, 0.4) is 0 Å². The van der Waals surface area contributed by atoms with Crippen molar-refractivity contribution in [2.24, 2.45) is 65.0 Å². The smallest absolute Gasteiger partial charge is 0 e. The zero-order valence-corrected chi connectivity index (χ0v) is 131. The van der Waals surface area contributed by atoms with E-state index >= 15 is 0 Å². The standard InChI is InChI=1S/C37H62O23.C37H61O22.3ClH.Gd.H2O.O.8W.8Y/c1-31(11-38,12-39)24(46)55-20-36(6,21-56-25(47)32(2,13-40)14-41)28(50)57-19-35(5,27(49)54-10-9-53-8)22-58-30(52)37(7,60-29(51)34(4,17-44)18-45)23-59-26(48)33(3,15-42)16-43;1-31(2,12-38)24(45)59-37(8,23-58-27(48)34(5,17-43)18-44)30(51)57-22-35(6,28(49)53-11-10-52-9)19-56-29(50)36(7,20-54-25(46)32(3,13-39)14-40)21-55-26(47)33(4,15-41)16-42;;;;;;;;;;;;;;;;;;;;;;/h38-45H,9-23H2,1-8H3;38-44H,1,10-23H2,2-9H3;3*1H;;1H2;;;;;;;;;;;;;;;;;/q;-1;;;;+3;;;;;;;;;;;;;;;;;;/p-3. The van der Waals surface area contributed by atoms with E-state index in [1.165, 1.54) is 14.2 Å². The maximum Gasteiger partial charge on any atom is 0 e. The van der Waals surface area contributed by atoms with Crippen molar-refractivity contribution in [3.63, 3.8) is 0 Å². The molecule has 0 aliphatic rings. The van der Waals surface area contributed by atoms with Gasteiger partial charge in [0.1, 0.15) is 139 Å². The molecule has 47 nitrogen and oxygen atoms in total. The maximum absolute atomic E-state index is 13.8. The van der Waals surface area contributed by atoms with Crippen molar-refractivity contribution < 1.29 is 686 Å². The summed E-state index contributed by atoms with van der Waals surface area (Å²) in [5, 5.41) is 144. The first-order valence-electron chi connectivity index (χ1n) is 37.0. The minimum absolute atomic E-state index is 0. The molecule has 805 valence electrons. The molecule has 0 aliphatic carbocycles. The second-order valence-corrected chi connectivity index (χ2v) is 42.5. The number of rotatable bonds is 57. The summed E-state index contributed by atoms with van der Waals surface area (Å²) in [4.78, 5) is 184. The number of carbonyl (C=O) groups is 14. The number of aliphatic hydroxyl groups is 15. The van der Waals surface area contributed by atoms with E-state index in [2.05, 4.69) is 6.92 Å². The fourth-order valence-corrected chi connectivity index (χ4v) is 7.56. The van der Waals surface area contributed by atoms with Crippen LogP contribution in [0.2, 0.25) is 0 Å². The number of carbonyl (C=O) groups excluding carboxylic acids is 14. The van der Waals surface area contributed by atoms with Gasteiger partial charge in [0.2, 0.25) is 11.2 Å². The van der Waals surface area contributed by atoms with Crippen LogP contribution in [0.5, 0.6) is 0 Å². The molecule has 0 aromatic carbocycles. The largest absolute Gasteiger partial charge is 0 e. The summed E-state index contributed by atoms with van der Waals surface area (Å²) in [5.74, 6) is -2.77. The second-order valence-electron chi connectivity index (χ2n) is 32.5. The van der Waals surface area contributed by atoms with Gasteiger partial charge in [-0.25, -0.2) is 9.59 Å². The van der Waals surface area contributed by atoms with Gasteiger partial charge in [0.05, 0.1) is 106 Å². The Bertz CT molecular complexity index is 3420. The number of esters is 14. The molecule has 0 rings (SSSR count). The van der Waals surface area contributed by atoms with Gasteiger partial charge in [-0.2, -0.15) is 0 Å².